The van der Waals surface area contributed by atoms with Crippen LogP contribution in [0.25, 0.3) is 0 Å². The Bertz CT molecular complexity index is 622. The molecule has 0 atom stereocenters. The maximum absolute atomic E-state index is 13.8. The smallest absolute Gasteiger partial charge is 0.354 e. The normalized spacial score (nSPS) is 10.5. The summed E-state index contributed by atoms with van der Waals surface area (Å²) in [7, 11) is 1.46. The highest BCUT2D eigenvalue weighted by atomic mass is 19.1. The predicted octanol–water partition coefficient (Wildman–Crippen LogP) is 2.09. The Morgan fingerprint density at radius 2 is 2.26 bits per heavy atom. The van der Waals surface area contributed by atoms with Crippen LogP contribution in [0, 0.1) is 12.7 Å². The number of carboxylic acids is 1. The van der Waals surface area contributed by atoms with Gasteiger partial charge in [-0.1, -0.05) is 6.07 Å². The Labute approximate surface area is 109 Å². The molecule has 1 heterocycles. The summed E-state index contributed by atoms with van der Waals surface area (Å²) in [4.78, 5) is 15.0. The molecule has 6 heteroatoms. The second-order valence-corrected chi connectivity index (χ2v) is 4.04. The number of imidazole rings is 1. The topological polar surface area (TPSA) is 64.3 Å². The van der Waals surface area contributed by atoms with Gasteiger partial charge in [0.25, 0.3) is 0 Å². The molecular formula is C13H13FN2O3. The number of ether oxygens (including phenoxy) is 1. The average molecular weight is 264 g/mol. The standard InChI is InChI=1S/C13H13FN2O3/c1-8-15-6-12(13(17)18)16(8)7-9-3-4-10(19-2)5-11(9)14/h3-6H,7H2,1-2H3,(H,17,18). The van der Waals surface area contributed by atoms with E-state index in [1.165, 1.54) is 23.9 Å². The van der Waals surface area contributed by atoms with E-state index < -0.39 is 11.8 Å². The molecule has 0 amide bonds. The van der Waals surface area contributed by atoms with Gasteiger partial charge < -0.3 is 14.4 Å². The van der Waals surface area contributed by atoms with Crippen LogP contribution in [0.1, 0.15) is 21.9 Å². The molecule has 19 heavy (non-hydrogen) atoms. The highest BCUT2D eigenvalue weighted by molar-refractivity contribution is 5.85. The van der Waals surface area contributed by atoms with Gasteiger partial charge in [0, 0.05) is 11.6 Å². The number of aromatic carboxylic acids is 1. The van der Waals surface area contributed by atoms with Crippen LogP contribution in [0.2, 0.25) is 0 Å². The van der Waals surface area contributed by atoms with Gasteiger partial charge >= 0.3 is 5.97 Å². The first kappa shape index (κ1) is 13.1. The van der Waals surface area contributed by atoms with Crippen molar-refractivity contribution in [3.63, 3.8) is 0 Å². The molecule has 1 aromatic heterocycles. The minimum Gasteiger partial charge on any atom is -0.497 e. The van der Waals surface area contributed by atoms with Gasteiger partial charge in [-0.3, -0.25) is 0 Å². The Hall–Kier alpha value is -2.37. The summed E-state index contributed by atoms with van der Waals surface area (Å²) in [6.07, 6.45) is 1.26. The SMILES string of the molecule is COc1ccc(Cn2c(C(=O)O)cnc2C)c(F)c1. The Kier molecular flexibility index (Phi) is 3.50. The van der Waals surface area contributed by atoms with Crippen LogP contribution < -0.4 is 4.74 Å². The molecule has 2 aromatic rings. The molecule has 5 nitrogen and oxygen atoms in total. The molecular weight excluding hydrogens is 251 g/mol. The zero-order valence-electron chi connectivity index (χ0n) is 10.6. The van der Waals surface area contributed by atoms with Crippen molar-refractivity contribution in [2.24, 2.45) is 0 Å². The summed E-state index contributed by atoms with van der Waals surface area (Å²) in [5.74, 6) is -0.590. The third kappa shape index (κ3) is 2.57. The van der Waals surface area contributed by atoms with Crippen molar-refractivity contribution in [3.8, 4) is 5.75 Å². The first-order valence-corrected chi connectivity index (χ1v) is 5.60. The number of halogens is 1. The molecule has 0 fully saturated rings. The van der Waals surface area contributed by atoms with Crippen molar-refractivity contribution >= 4 is 5.97 Å². The van der Waals surface area contributed by atoms with Gasteiger partial charge in [0.1, 0.15) is 23.1 Å². The second kappa shape index (κ2) is 5.09. The van der Waals surface area contributed by atoms with Crippen molar-refractivity contribution in [1.29, 1.82) is 0 Å². The quantitative estimate of drug-likeness (QED) is 0.918. The fraction of sp³-hybridized carbons (Fsp3) is 0.231. The molecule has 1 N–H and O–H groups in total. The number of carbonyl (C=O) groups is 1. The third-order valence-electron chi connectivity index (χ3n) is 2.86. The number of aryl methyl sites for hydroxylation is 1. The minimum atomic E-state index is -1.09. The number of hydrogen-bond acceptors (Lipinski definition) is 3. The molecule has 0 bridgehead atoms. The highest BCUT2D eigenvalue weighted by Gasteiger charge is 2.15. The number of rotatable bonds is 4. The lowest BCUT2D eigenvalue weighted by molar-refractivity contribution is 0.0685. The van der Waals surface area contributed by atoms with Crippen LogP contribution in [0.4, 0.5) is 4.39 Å². The maximum Gasteiger partial charge on any atom is 0.354 e. The number of benzene rings is 1. The number of hydrogen-bond donors (Lipinski definition) is 1. The van der Waals surface area contributed by atoms with Crippen molar-refractivity contribution < 1.29 is 19.0 Å². The summed E-state index contributed by atoms with van der Waals surface area (Å²) in [6.45, 7) is 1.79. The van der Waals surface area contributed by atoms with Crippen LogP contribution in [0.15, 0.2) is 24.4 Å². The van der Waals surface area contributed by atoms with Crippen LogP contribution in [-0.4, -0.2) is 27.7 Å². The van der Waals surface area contributed by atoms with Crippen molar-refractivity contribution in [2.45, 2.75) is 13.5 Å². The zero-order valence-corrected chi connectivity index (χ0v) is 10.6. The molecule has 0 radical (unpaired) electrons. The molecule has 1 aromatic carbocycles. The number of aromatic nitrogens is 2. The largest absolute Gasteiger partial charge is 0.497 e. The fourth-order valence-corrected chi connectivity index (χ4v) is 1.79. The van der Waals surface area contributed by atoms with E-state index in [1.807, 2.05) is 0 Å². The van der Waals surface area contributed by atoms with Crippen LogP contribution in [0.5, 0.6) is 5.75 Å². The minimum absolute atomic E-state index is 0.0349. The lowest BCUT2D eigenvalue weighted by Gasteiger charge is -2.10. The Morgan fingerprint density at radius 3 is 2.84 bits per heavy atom. The first-order chi connectivity index (χ1) is 9.02. The third-order valence-corrected chi connectivity index (χ3v) is 2.86. The van der Waals surface area contributed by atoms with E-state index in [4.69, 9.17) is 9.84 Å². The van der Waals surface area contributed by atoms with Crippen molar-refractivity contribution in [3.05, 3.63) is 47.3 Å². The van der Waals surface area contributed by atoms with E-state index >= 15 is 0 Å². The molecule has 0 spiro atoms. The van der Waals surface area contributed by atoms with Crippen LogP contribution >= 0.6 is 0 Å². The monoisotopic (exact) mass is 264 g/mol. The first-order valence-electron chi connectivity index (χ1n) is 5.60. The zero-order chi connectivity index (χ0) is 14.0. The summed E-state index contributed by atoms with van der Waals surface area (Å²) >= 11 is 0. The van der Waals surface area contributed by atoms with E-state index in [9.17, 15) is 9.18 Å². The average Bonchev–Trinajstić information content (AvgIpc) is 2.73. The van der Waals surface area contributed by atoms with Gasteiger partial charge in [0.2, 0.25) is 0 Å². The van der Waals surface area contributed by atoms with Gasteiger partial charge in [0.15, 0.2) is 0 Å². The van der Waals surface area contributed by atoms with E-state index in [0.29, 0.717) is 17.1 Å². The molecule has 100 valence electrons. The van der Waals surface area contributed by atoms with Gasteiger partial charge in [0.05, 0.1) is 19.9 Å². The van der Waals surface area contributed by atoms with E-state index in [2.05, 4.69) is 4.98 Å². The molecule has 0 aliphatic carbocycles. The van der Waals surface area contributed by atoms with Crippen molar-refractivity contribution in [1.82, 2.24) is 9.55 Å². The lowest BCUT2D eigenvalue weighted by atomic mass is 10.2. The van der Waals surface area contributed by atoms with Crippen LogP contribution in [0.3, 0.4) is 0 Å². The molecule has 0 aliphatic rings. The summed E-state index contributed by atoms with van der Waals surface area (Å²) in [5.41, 5.74) is 0.414. The molecule has 0 saturated carbocycles. The Morgan fingerprint density at radius 1 is 1.53 bits per heavy atom. The number of carboxylic acid groups (broad SMARTS) is 1. The fourth-order valence-electron chi connectivity index (χ4n) is 1.79. The van der Waals surface area contributed by atoms with Gasteiger partial charge in [-0.25, -0.2) is 14.2 Å². The summed E-state index contributed by atoms with van der Waals surface area (Å²) < 4.78 is 20.2. The molecule has 0 saturated heterocycles. The van der Waals surface area contributed by atoms with E-state index in [1.54, 1.807) is 19.1 Å². The lowest BCUT2D eigenvalue weighted by Crippen LogP contribution is -2.11. The Balaban J connectivity index is 2.36. The van der Waals surface area contributed by atoms with E-state index in [-0.39, 0.29) is 12.2 Å². The van der Waals surface area contributed by atoms with Gasteiger partial charge in [-0.2, -0.15) is 0 Å². The van der Waals surface area contributed by atoms with Gasteiger partial charge in [-0.05, 0) is 13.0 Å². The maximum atomic E-state index is 13.8. The highest BCUT2D eigenvalue weighted by Crippen LogP contribution is 2.18. The summed E-state index contributed by atoms with van der Waals surface area (Å²) in [6, 6.07) is 4.46. The molecule has 0 aliphatic heterocycles. The predicted molar refractivity (Wildman–Crippen MR) is 66.0 cm³/mol. The molecule has 0 unspecified atom stereocenters. The van der Waals surface area contributed by atoms with E-state index in [0.717, 1.165) is 0 Å². The van der Waals surface area contributed by atoms with Crippen LogP contribution in [-0.2, 0) is 6.54 Å². The van der Waals surface area contributed by atoms with Gasteiger partial charge in [-0.15, -0.1) is 0 Å². The molecule has 2 rings (SSSR count). The number of methoxy groups -OCH3 is 1. The summed E-state index contributed by atoms with van der Waals surface area (Å²) in [5, 5.41) is 9.03. The number of nitrogens with zero attached hydrogens (tertiary/aromatic N) is 2. The second-order valence-electron chi connectivity index (χ2n) is 4.04. The van der Waals surface area contributed by atoms with Crippen molar-refractivity contribution in [2.75, 3.05) is 7.11 Å².